The van der Waals surface area contributed by atoms with Gasteiger partial charge in [-0.25, -0.2) is 26.3 Å². The highest BCUT2D eigenvalue weighted by Crippen LogP contribution is 2.12. The Hall–Kier alpha value is -1.74. The number of hydrogen-bond acceptors (Lipinski definition) is 4. The van der Waals surface area contributed by atoms with E-state index < -0.39 is 20.0 Å². The van der Waals surface area contributed by atoms with Crippen molar-refractivity contribution in [1.82, 2.24) is 9.44 Å². The van der Waals surface area contributed by atoms with E-state index in [9.17, 15) is 16.8 Å². The van der Waals surface area contributed by atoms with Crippen LogP contribution in [0.4, 0.5) is 0 Å². The third kappa shape index (κ3) is 5.13. The van der Waals surface area contributed by atoms with E-state index in [0.29, 0.717) is 5.56 Å². The predicted octanol–water partition coefficient (Wildman–Crippen LogP) is 1.52. The van der Waals surface area contributed by atoms with Crippen molar-refractivity contribution in [3.05, 3.63) is 65.2 Å². The largest absolute Gasteiger partial charge is 0.240 e. The molecule has 2 aromatic carbocycles. The van der Waals surface area contributed by atoms with Crippen molar-refractivity contribution in [2.45, 2.75) is 24.1 Å². The first-order valence-electron chi connectivity index (χ1n) is 7.27. The molecule has 0 bridgehead atoms. The Balaban J connectivity index is 2.03. The molecular weight excluding hydrogens is 348 g/mol. The van der Waals surface area contributed by atoms with Gasteiger partial charge in [-0.3, -0.25) is 0 Å². The van der Waals surface area contributed by atoms with Gasteiger partial charge in [0.15, 0.2) is 0 Å². The van der Waals surface area contributed by atoms with Crippen LogP contribution in [0.5, 0.6) is 0 Å². The van der Waals surface area contributed by atoms with E-state index in [2.05, 4.69) is 9.44 Å². The monoisotopic (exact) mass is 368 g/mol. The molecule has 0 saturated carbocycles. The second-order valence-electron chi connectivity index (χ2n) is 5.42. The van der Waals surface area contributed by atoms with Crippen molar-refractivity contribution in [3.8, 4) is 0 Å². The lowest BCUT2D eigenvalue weighted by atomic mass is 10.1. The Morgan fingerprint density at radius 3 is 1.92 bits per heavy atom. The van der Waals surface area contributed by atoms with Crippen molar-refractivity contribution in [2.75, 3.05) is 7.05 Å². The van der Waals surface area contributed by atoms with Crippen molar-refractivity contribution in [2.24, 2.45) is 0 Å². The van der Waals surface area contributed by atoms with Crippen LogP contribution in [0.3, 0.4) is 0 Å². The first-order chi connectivity index (χ1) is 11.2. The summed E-state index contributed by atoms with van der Waals surface area (Å²) in [5.74, 6) is -0.112. The Labute approximate surface area is 143 Å². The maximum absolute atomic E-state index is 12.2. The number of hydrogen-bond donors (Lipinski definition) is 2. The first-order valence-corrected chi connectivity index (χ1v) is 10.4. The number of benzene rings is 2. The lowest BCUT2D eigenvalue weighted by Gasteiger charge is -2.08. The van der Waals surface area contributed by atoms with Gasteiger partial charge in [-0.2, -0.15) is 0 Å². The predicted molar refractivity (Wildman–Crippen MR) is 93.3 cm³/mol. The minimum Gasteiger partial charge on any atom is -0.218 e. The number of nitrogens with one attached hydrogen (secondary N) is 2. The molecule has 2 rings (SSSR count). The van der Waals surface area contributed by atoms with Crippen LogP contribution in [0.2, 0.25) is 0 Å². The summed E-state index contributed by atoms with van der Waals surface area (Å²) in [6.45, 7) is 2.02. The van der Waals surface area contributed by atoms with Crippen molar-refractivity contribution in [3.63, 3.8) is 0 Å². The zero-order valence-corrected chi connectivity index (χ0v) is 15.1. The van der Waals surface area contributed by atoms with Crippen LogP contribution in [-0.4, -0.2) is 23.9 Å². The van der Waals surface area contributed by atoms with Gasteiger partial charge in [0.1, 0.15) is 0 Å². The van der Waals surface area contributed by atoms with Gasteiger partial charge in [0.2, 0.25) is 20.0 Å². The minimum atomic E-state index is -3.57. The molecule has 24 heavy (non-hydrogen) atoms. The SMILES string of the molecule is CNS(=O)(=O)Cc1ccc(CNS(=O)(=O)c2ccc(C)cc2)cc1. The normalized spacial score (nSPS) is 12.2. The number of sulfonamides is 2. The standard InChI is InChI=1S/C16H20N2O4S2/c1-13-3-9-16(10-4-13)24(21,22)18-11-14-5-7-15(8-6-14)12-23(19,20)17-2/h3-10,17-18H,11-12H2,1-2H3. The summed E-state index contributed by atoms with van der Waals surface area (Å²) < 4.78 is 52.2. The Morgan fingerprint density at radius 2 is 1.38 bits per heavy atom. The van der Waals surface area contributed by atoms with Gasteiger partial charge in [0, 0.05) is 6.54 Å². The highest BCUT2D eigenvalue weighted by Gasteiger charge is 2.13. The molecule has 0 aliphatic carbocycles. The van der Waals surface area contributed by atoms with E-state index in [1.165, 1.54) is 7.05 Å². The molecular formula is C16H20N2O4S2. The molecule has 0 atom stereocenters. The summed E-state index contributed by atoms with van der Waals surface area (Å²) in [5, 5.41) is 0. The van der Waals surface area contributed by atoms with E-state index in [1.54, 1.807) is 48.5 Å². The molecule has 0 aliphatic heterocycles. The molecule has 0 fully saturated rings. The average molecular weight is 368 g/mol. The summed E-state index contributed by atoms with van der Waals surface area (Å²) in [5.41, 5.74) is 2.37. The molecule has 0 amide bonds. The summed E-state index contributed by atoms with van der Waals surface area (Å²) in [4.78, 5) is 0.213. The van der Waals surface area contributed by atoms with Crippen LogP contribution in [-0.2, 0) is 32.3 Å². The fourth-order valence-electron chi connectivity index (χ4n) is 2.02. The fraction of sp³-hybridized carbons (Fsp3) is 0.250. The van der Waals surface area contributed by atoms with Crippen LogP contribution < -0.4 is 9.44 Å². The molecule has 2 aromatic rings. The van der Waals surface area contributed by atoms with Gasteiger partial charge in [-0.1, -0.05) is 42.0 Å². The van der Waals surface area contributed by atoms with Gasteiger partial charge in [-0.05, 0) is 37.2 Å². The molecule has 0 saturated heterocycles. The van der Waals surface area contributed by atoms with Crippen molar-refractivity contribution in [1.29, 1.82) is 0 Å². The fourth-order valence-corrected chi connectivity index (χ4v) is 3.82. The molecule has 8 heteroatoms. The van der Waals surface area contributed by atoms with Crippen LogP contribution in [0.15, 0.2) is 53.4 Å². The van der Waals surface area contributed by atoms with E-state index in [0.717, 1.165) is 11.1 Å². The molecule has 0 aliphatic rings. The quantitative estimate of drug-likeness (QED) is 0.775. The van der Waals surface area contributed by atoms with Gasteiger partial charge in [0.25, 0.3) is 0 Å². The summed E-state index contributed by atoms with van der Waals surface area (Å²) in [7, 11) is -5.53. The third-order valence-electron chi connectivity index (χ3n) is 3.49. The Bertz CT molecular complexity index is 888. The van der Waals surface area contributed by atoms with Gasteiger partial charge in [-0.15, -0.1) is 0 Å². The van der Waals surface area contributed by atoms with Crippen molar-refractivity contribution < 1.29 is 16.8 Å². The van der Waals surface area contributed by atoms with E-state index in [-0.39, 0.29) is 17.2 Å². The molecule has 0 aromatic heterocycles. The molecule has 6 nitrogen and oxygen atoms in total. The number of rotatable bonds is 7. The molecule has 0 spiro atoms. The molecule has 130 valence electrons. The van der Waals surface area contributed by atoms with E-state index in [1.807, 2.05) is 6.92 Å². The van der Waals surface area contributed by atoms with Gasteiger partial charge < -0.3 is 0 Å². The highest BCUT2D eigenvalue weighted by atomic mass is 32.2. The molecule has 0 heterocycles. The third-order valence-corrected chi connectivity index (χ3v) is 6.24. The second-order valence-corrected chi connectivity index (χ2v) is 9.11. The maximum Gasteiger partial charge on any atom is 0.240 e. The smallest absolute Gasteiger partial charge is 0.218 e. The number of aryl methyl sites for hydroxylation is 1. The Kier molecular flexibility index (Phi) is 5.76. The minimum absolute atomic E-state index is 0.112. The van der Waals surface area contributed by atoms with E-state index in [4.69, 9.17) is 0 Å². The highest BCUT2D eigenvalue weighted by molar-refractivity contribution is 7.89. The lowest BCUT2D eigenvalue weighted by Crippen LogP contribution is -2.23. The zero-order valence-electron chi connectivity index (χ0n) is 13.5. The van der Waals surface area contributed by atoms with Crippen molar-refractivity contribution >= 4 is 20.0 Å². The summed E-state index contributed by atoms with van der Waals surface area (Å²) in [6, 6.07) is 13.4. The van der Waals surface area contributed by atoms with Crippen LogP contribution in [0.25, 0.3) is 0 Å². The van der Waals surface area contributed by atoms with Crippen LogP contribution in [0.1, 0.15) is 16.7 Å². The molecule has 0 unspecified atom stereocenters. The average Bonchev–Trinajstić information content (AvgIpc) is 2.54. The maximum atomic E-state index is 12.2. The van der Waals surface area contributed by atoms with Gasteiger partial charge in [0.05, 0.1) is 10.6 Å². The molecule has 0 radical (unpaired) electrons. The van der Waals surface area contributed by atoms with Crippen LogP contribution in [0, 0.1) is 6.92 Å². The first kappa shape index (κ1) is 18.6. The Morgan fingerprint density at radius 1 is 0.833 bits per heavy atom. The summed E-state index contributed by atoms with van der Waals surface area (Å²) in [6.07, 6.45) is 0. The zero-order chi connectivity index (χ0) is 17.8. The van der Waals surface area contributed by atoms with Crippen LogP contribution >= 0.6 is 0 Å². The topological polar surface area (TPSA) is 92.3 Å². The lowest BCUT2D eigenvalue weighted by molar-refractivity contribution is 0.581. The second kappa shape index (κ2) is 7.43. The van der Waals surface area contributed by atoms with E-state index >= 15 is 0 Å². The van der Waals surface area contributed by atoms with Gasteiger partial charge >= 0.3 is 0 Å². The molecule has 2 N–H and O–H groups in total. The summed E-state index contributed by atoms with van der Waals surface area (Å²) >= 11 is 0.